The Morgan fingerprint density at radius 3 is 1.94 bits per heavy atom. The van der Waals surface area contributed by atoms with Gasteiger partial charge in [0.2, 0.25) is 0 Å². The van der Waals surface area contributed by atoms with Crippen LogP contribution in [0.5, 0.6) is 0 Å². The largest absolute Gasteiger partial charge is 0.456 e. The second-order valence-corrected chi connectivity index (χ2v) is 16.6. The highest BCUT2D eigenvalue weighted by Crippen LogP contribution is 2.43. The van der Waals surface area contributed by atoms with E-state index in [2.05, 4.69) is 207 Å². The van der Waals surface area contributed by atoms with Crippen LogP contribution in [-0.4, -0.2) is 15.0 Å². The summed E-state index contributed by atoms with van der Waals surface area (Å²) in [5, 5.41) is 9.30. The van der Waals surface area contributed by atoms with Crippen LogP contribution in [-0.2, 0) is 5.41 Å². The molecule has 0 fully saturated rings. The van der Waals surface area contributed by atoms with E-state index in [9.17, 15) is 0 Å². The van der Waals surface area contributed by atoms with E-state index in [-0.39, 0.29) is 5.41 Å². The van der Waals surface area contributed by atoms with Crippen LogP contribution < -0.4 is 10.4 Å². The third-order valence-corrected chi connectivity index (χ3v) is 12.7. The molecule has 0 aliphatic heterocycles. The molecule has 0 N–H and O–H groups in total. The van der Waals surface area contributed by atoms with E-state index >= 15 is 0 Å². The van der Waals surface area contributed by atoms with Gasteiger partial charge in [-0.3, -0.25) is 0 Å². The highest BCUT2D eigenvalue weighted by atomic mass is 16.3. The van der Waals surface area contributed by atoms with Crippen LogP contribution in [0.25, 0.3) is 112 Å². The second-order valence-electron chi connectivity index (χ2n) is 16.6. The lowest BCUT2D eigenvalue weighted by Gasteiger charge is -2.27. The fraction of sp³-hybridized carbons (Fsp3) is 0.0517. The number of furan rings is 1. The molecule has 4 heteroatoms. The Hall–Kier alpha value is -7.95. The summed E-state index contributed by atoms with van der Waals surface area (Å²) >= 11 is 0. The first kappa shape index (κ1) is 35.9. The Morgan fingerprint density at radius 2 is 1.08 bits per heavy atom. The van der Waals surface area contributed by atoms with Gasteiger partial charge in [-0.1, -0.05) is 177 Å². The molecule has 2 aromatic heterocycles. The van der Waals surface area contributed by atoms with E-state index < -0.39 is 0 Å². The molecule has 0 radical (unpaired) electrons. The van der Waals surface area contributed by atoms with Crippen LogP contribution in [0.2, 0.25) is 0 Å². The van der Waals surface area contributed by atoms with Gasteiger partial charge in [0.05, 0.1) is 0 Å². The molecule has 1 aliphatic carbocycles. The first-order chi connectivity index (χ1) is 30.5. The first-order valence-corrected chi connectivity index (χ1v) is 21.2. The number of nitrogens with zero attached hydrogens (tertiary/aromatic N) is 3. The van der Waals surface area contributed by atoms with E-state index in [0.29, 0.717) is 17.5 Å². The van der Waals surface area contributed by atoms with Crippen molar-refractivity contribution < 1.29 is 4.42 Å². The molecule has 292 valence electrons. The van der Waals surface area contributed by atoms with Gasteiger partial charge < -0.3 is 4.42 Å². The number of rotatable bonds is 6. The smallest absolute Gasteiger partial charge is 0.164 e. The molecule has 62 heavy (non-hydrogen) atoms. The van der Waals surface area contributed by atoms with Gasteiger partial charge in [0, 0.05) is 32.9 Å². The van der Waals surface area contributed by atoms with E-state index in [1.807, 2.05) is 6.07 Å². The summed E-state index contributed by atoms with van der Waals surface area (Å²) in [7, 11) is 0. The normalized spacial score (nSPS) is 14.8. The second kappa shape index (κ2) is 14.4. The van der Waals surface area contributed by atoms with Crippen molar-refractivity contribution in [2.75, 3.05) is 0 Å². The molecule has 11 aromatic rings. The summed E-state index contributed by atoms with van der Waals surface area (Å²) in [6.07, 6.45) is 5.73. The predicted molar refractivity (Wildman–Crippen MR) is 256 cm³/mol. The Balaban J connectivity index is 1.03. The quantitative estimate of drug-likeness (QED) is 0.168. The molecule has 0 spiro atoms. The standard InChI is InChI=1S/C58H39N3O/c1-58(32-31-39-16-6-8-18-44(39)36-58)45-27-30-52-51(35-45)54-49(23-12-24-53(54)62-52)48-28-29-50(47-22-10-9-21-46(47)48)57-60-55(42-20-11-19-41(33-42)37-13-3-2-4-14-37)59-56(61-57)43-26-25-38-15-5-7-17-40(38)34-43/h2-31,33-36H,32H2,1H3. The Bertz CT molecular complexity index is 3700. The van der Waals surface area contributed by atoms with Crippen molar-refractivity contribution in [2.45, 2.75) is 18.8 Å². The molecule has 1 unspecified atom stereocenters. The van der Waals surface area contributed by atoms with Crippen LogP contribution in [0.15, 0.2) is 199 Å². The number of hydrogen-bond acceptors (Lipinski definition) is 4. The molecule has 2 heterocycles. The minimum absolute atomic E-state index is 0.145. The van der Waals surface area contributed by atoms with Crippen molar-refractivity contribution >= 4 is 55.6 Å². The number of aromatic nitrogens is 3. The highest BCUT2D eigenvalue weighted by molar-refractivity contribution is 6.16. The number of fused-ring (bicyclic) bond motifs is 6. The molecule has 0 bridgehead atoms. The van der Waals surface area contributed by atoms with Gasteiger partial charge in [-0.05, 0) is 103 Å². The van der Waals surface area contributed by atoms with Crippen LogP contribution in [0.4, 0.5) is 0 Å². The molecule has 9 aromatic carbocycles. The van der Waals surface area contributed by atoms with Crippen LogP contribution in [0.3, 0.4) is 0 Å². The number of hydrogen-bond donors (Lipinski definition) is 0. The zero-order valence-electron chi connectivity index (χ0n) is 34.1. The summed E-state index contributed by atoms with van der Waals surface area (Å²) < 4.78 is 6.58. The molecule has 1 atom stereocenters. The fourth-order valence-corrected chi connectivity index (χ4v) is 9.44. The van der Waals surface area contributed by atoms with Gasteiger partial charge in [0.25, 0.3) is 0 Å². The van der Waals surface area contributed by atoms with E-state index in [4.69, 9.17) is 19.4 Å². The maximum Gasteiger partial charge on any atom is 0.164 e. The molecular formula is C58H39N3O. The summed E-state index contributed by atoms with van der Waals surface area (Å²) in [4.78, 5) is 15.7. The minimum atomic E-state index is -0.145. The third-order valence-electron chi connectivity index (χ3n) is 12.7. The molecular weight excluding hydrogens is 755 g/mol. The van der Waals surface area contributed by atoms with Gasteiger partial charge in [0.15, 0.2) is 17.5 Å². The molecule has 0 saturated carbocycles. The predicted octanol–water partition coefficient (Wildman–Crippen LogP) is 13.3. The van der Waals surface area contributed by atoms with Gasteiger partial charge in [-0.25, -0.2) is 15.0 Å². The summed E-state index contributed by atoms with van der Waals surface area (Å²) in [5.74, 6) is 1.88. The third kappa shape index (κ3) is 6.11. The van der Waals surface area contributed by atoms with Gasteiger partial charge in [-0.2, -0.15) is 0 Å². The van der Waals surface area contributed by atoms with Gasteiger partial charge in [0.1, 0.15) is 11.2 Å². The summed E-state index contributed by atoms with van der Waals surface area (Å²) in [5.41, 5.74) is 10.2. The van der Waals surface area contributed by atoms with E-state index in [0.717, 1.165) is 83.5 Å². The average Bonchev–Trinajstić information content (AvgIpc) is 3.72. The monoisotopic (exact) mass is 793 g/mol. The van der Waals surface area contributed by atoms with Crippen molar-refractivity contribution in [3.05, 3.63) is 210 Å². The minimum Gasteiger partial charge on any atom is -0.456 e. The van der Waals surface area contributed by atoms with Crippen molar-refractivity contribution in [1.82, 2.24) is 15.0 Å². The molecule has 0 saturated heterocycles. The Labute approximate surface area is 358 Å². The lowest BCUT2D eigenvalue weighted by molar-refractivity contribution is 0.650. The molecule has 12 rings (SSSR count). The lowest BCUT2D eigenvalue weighted by Crippen LogP contribution is -2.34. The maximum absolute atomic E-state index is 6.58. The molecule has 1 aliphatic rings. The highest BCUT2D eigenvalue weighted by Gasteiger charge is 2.26. The summed E-state index contributed by atoms with van der Waals surface area (Å²) in [6.45, 7) is 2.34. The van der Waals surface area contributed by atoms with Gasteiger partial charge in [-0.15, -0.1) is 0 Å². The molecule has 4 nitrogen and oxygen atoms in total. The Kier molecular flexibility index (Phi) is 8.32. The topological polar surface area (TPSA) is 51.8 Å². The van der Waals surface area contributed by atoms with Crippen molar-refractivity contribution in [2.24, 2.45) is 0 Å². The molecule has 0 amide bonds. The van der Waals surface area contributed by atoms with Crippen molar-refractivity contribution in [3.8, 4) is 56.4 Å². The van der Waals surface area contributed by atoms with Crippen LogP contribution in [0.1, 0.15) is 18.9 Å². The zero-order valence-corrected chi connectivity index (χ0v) is 34.1. The SMILES string of the molecule is CC1(c2ccc3oc4cccc(-c5ccc(-c6nc(-c7cccc(-c8ccccc8)c7)nc(-c7ccc8ccccc8c7)n6)c6ccccc56)c4c3c2)C=c2ccccc2=CC1. The van der Waals surface area contributed by atoms with Crippen molar-refractivity contribution in [3.63, 3.8) is 0 Å². The number of benzene rings is 9. The summed E-state index contributed by atoms with van der Waals surface area (Å²) in [6, 6.07) is 68.5. The van der Waals surface area contributed by atoms with Crippen molar-refractivity contribution in [1.29, 1.82) is 0 Å². The first-order valence-electron chi connectivity index (χ1n) is 21.2. The van der Waals surface area contributed by atoms with Crippen LogP contribution in [0, 0.1) is 0 Å². The zero-order chi connectivity index (χ0) is 41.2. The Morgan fingerprint density at radius 1 is 0.419 bits per heavy atom. The fourth-order valence-electron chi connectivity index (χ4n) is 9.44. The maximum atomic E-state index is 6.58. The lowest BCUT2D eigenvalue weighted by atomic mass is 9.76. The van der Waals surface area contributed by atoms with E-state index in [1.54, 1.807) is 0 Å². The van der Waals surface area contributed by atoms with Gasteiger partial charge >= 0.3 is 0 Å². The average molecular weight is 794 g/mol. The van der Waals surface area contributed by atoms with Crippen LogP contribution >= 0.6 is 0 Å². The van der Waals surface area contributed by atoms with E-state index in [1.165, 1.54) is 21.4 Å².